The highest BCUT2D eigenvalue weighted by Gasteiger charge is 2.25. The highest BCUT2D eigenvalue weighted by atomic mass is 14.7. The number of aromatic nitrogens is 6. The van der Waals surface area contributed by atoms with E-state index in [0.29, 0.717) is 0 Å². The molecule has 0 atom stereocenters. The molecule has 0 spiro atoms. The molecule has 26 aromatic rings. The van der Waals surface area contributed by atoms with Crippen molar-refractivity contribution in [3.8, 4) is 134 Å². The lowest BCUT2D eigenvalue weighted by Crippen LogP contribution is -1.93. The lowest BCUT2D eigenvalue weighted by atomic mass is 9.85. The van der Waals surface area contributed by atoms with Crippen LogP contribution in [0.5, 0.6) is 0 Å². The molecule has 20 aromatic carbocycles. The first-order chi connectivity index (χ1) is 62.5. The zero-order valence-corrected chi connectivity index (χ0v) is 68.6. The third-order valence-corrected chi connectivity index (χ3v) is 26.3. The molecule has 6 heterocycles. The molecular formula is C120H78N6. The molecule has 6 aromatic heterocycles. The summed E-state index contributed by atoms with van der Waals surface area (Å²) in [4.78, 5) is 22.8. The number of fused-ring (bicyclic) bond motifs is 18. The number of H-pyrrole nitrogens is 6. The molecule has 6 nitrogen and oxygen atoms in total. The van der Waals surface area contributed by atoms with Gasteiger partial charge in [-0.05, 0) is 173 Å². The molecule has 0 aliphatic carbocycles. The summed E-state index contributed by atoms with van der Waals surface area (Å²) in [5.41, 5.74) is 42.0. The monoisotopic (exact) mass is 1600 g/mol. The van der Waals surface area contributed by atoms with Crippen LogP contribution in [0.3, 0.4) is 0 Å². The average molecular weight is 1600 g/mol. The van der Waals surface area contributed by atoms with Gasteiger partial charge in [0.05, 0.1) is 33.1 Å². The highest BCUT2D eigenvalue weighted by molar-refractivity contribution is 6.20. The SMILES string of the molecule is c1ccc(-c2cccc3c2[nH]c2ccccc23)c(-c2cc(-c3ccccc3-c3cccc4c3[nH]c3ccccc34)cc(-c3ccccc3-c3cccc4c3[nH]c3ccccc34)c2)c1.c1ccc(-c2cccc3c2[nH]c2ccccc23)c(-c2cc(-c3ccccc3-c3cccc4c3[nH]c3ccccc34)cc(-c3ccccc3-c3cccc4c3[nH]c3ccccc34)c2)c1. The fourth-order valence-corrected chi connectivity index (χ4v) is 20.6. The molecule has 0 unspecified atom stereocenters. The molecule has 126 heavy (non-hydrogen) atoms. The molecule has 26 rings (SSSR count). The standard InChI is InChI=1S/2C60H39N3/c2*1-4-19-43(49-25-13-28-52-46-22-7-10-31-55(46)61-58(49)52)40(16-1)37-34-38(41-17-2-5-20-44(41)50-26-14-29-53-47-23-8-11-32-56(47)62-59(50)53)36-39(35-37)42-18-3-6-21-45(42)51-27-15-30-54-48-24-9-12-33-57(48)63-60(51)54/h2*1-36,61-63H. The van der Waals surface area contributed by atoms with Gasteiger partial charge in [0, 0.05) is 131 Å². The van der Waals surface area contributed by atoms with Crippen LogP contribution in [0, 0.1) is 0 Å². The summed E-state index contributed by atoms with van der Waals surface area (Å²) in [6.07, 6.45) is 0. The number of hydrogen-bond acceptors (Lipinski definition) is 0. The molecule has 0 aliphatic rings. The first-order valence-corrected chi connectivity index (χ1v) is 43.4. The summed E-state index contributed by atoms with van der Waals surface area (Å²) in [6.45, 7) is 0. The van der Waals surface area contributed by atoms with Crippen LogP contribution in [0.25, 0.3) is 264 Å². The van der Waals surface area contributed by atoms with Crippen molar-refractivity contribution < 1.29 is 0 Å². The largest absolute Gasteiger partial charge is 0.354 e. The number of para-hydroxylation sites is 12. The van der Waals surface area contributed by atoms with Crippen molar-refractivity contribution in [2.45, 2.75) is 0 Å². The van der Waals surface area contributed by atoms with Crippen LogP contribution in [0.2, 0.25) is 0 Å². The van der Waals surface area contributed by atoms with Gasteiger partial charge in [0.2, 0.25) is 0 Å². The Hall–Kier alpha value is -16.8. The van der Waals surface area contributed by atoms with Gasteiger partial charge >= 0.3 is 0 Å². The van der Waals surface area contributed by atoms with Crippen LogP contribution in [0.1, 0.15) is 0 Å². The number of benzene rings is 20. The summed E-state index contributed by atoms with van der Waals surface area (Å²) in [7, 11) is 0. The van der Waals surface area contributed by atoms with Crippen LogP contribution < -0.4 is 0 Å². The van der Waals surface area contributed by atoms with Gasteiger partial charge in [0.25, 0.3) is 0 Å². The minimum absolute atomic E-state index is 1.14. The van der Waals surface area contributed by atoms with Gasteiger partial charge in [-0.15, -0.1) is 0 Å². The quantitative estimate of drug-likeness (QED) is 0.0703. The number of nitrogens with one attached hydrogen (secondary N) is 6. The van der Waals surface area contributed by atoms with Gasteiger partial charge in [-0.2, -0.15) is 0 Å². The zero-order chi connectivity index (χ0) is 82.9. The lowest BCUT2D eigenvalue weighted by molar-refractivity contribution is 1.51. The van der Waals surface area contributed by atoms with E-state index in [-0.39, 0.29) is 0 Å². The van der Waals surface area contributed by atoms with Crippen molar-refractivity contribution in [3.63, 3.8) is 0 Å². The molecule has 0 aliphatic heterocycles. The zero-order valence-electron chi connectivity index (χ0n) is 68.6. The molecule has 0 saturated heterocycles. The maximum Gasteiger partial charge on any atom is 0.0544 e. The van der Waals surface area contributed by atoms with Gasteiger partial charge < -0.3 is 29.9 Å². The Morgan fingerprint density at radius 1 is 0.0952 bits per heavy atom. The molecule has 6 N–H and O–H groups in total. The van der Waals surface area contributed by atoms with E-state index in [2.05, 4.69) is 467 Å². The van der Waals surface area contributed by atoms with E-state index in [9.17, 15) is 0 Å². The lowest BCUT2D eigenvalue weighted by Gasteiger charge is -2.18. The Morgan fingerprint density at radius 2 is 0.214 bits per heavy atom. The van der Waals surface area contributed by atoms with Gasteiger partial charge in [0.1, 0.15) is 0 Å². The van der Waals surface area contributed by atoms with Crippen LogP contribution in [-0.2, 0) is 0 Å². The summed E-state index contributed by atoms with van der Waals surface area (Å²) in [6, 6.07) is 159. The highest BCUT2D eigenvalue weighted by Crippen LogP contribution is 2.50. The second-order valence-corrected chi connectivity index (χ2v) is 33.3. The summed E-state index contributed by atoms with van der Waals surface area (Å²) in [5, 5.41) is 14.8. The average Bonchev–Trinajstić information content (AvgIpc) is 1.69. The normalized spacial score (nSPS) is 11.8. The fraction of sp³-hybridized carbons (Fsp3) is 0. The van der Waals surface area contributed by atoms with Crippen LogP contribution in [0.15, 0.2) is 437 Å². The topological polar surface area (TPSA) is 94.7 Å². The Kier molecular flexibility index (Phi) is 16.9. The molecule has 0 fully saturated rings. The van der Waals surface area contributed by atoms with Gasteiger partial charge in [-0.25, -0.2) is 0 Å². The van der Waals surface area contributed by atoms with Crippen molar-refractivity contribution in [3.05, 3.63) is 437 Å². The second kappa shape index (κ2) is 29.5. The van der Waals surface area contributed by atoms with Crippen molar-refractivity contribution in [2.75, 3.05) is 0 Å². The number of rotatable bonds is 12. The third kappa shape index (κ3) is 11.9. The smallest absolute Gasteiger partial charge is 0.0544 e. The van der Waals surface area contributed by atoms with Gasteiger partial charge in [0.15, 0.2) is 0 Å². The fourth-order valence-electron chi connectivity index (χ4n) is 20.6. The molecule has 588 valence electrons. The van der Waals surface area contributed by atoms with E-state index in [1.165, 1.54) is 165 Å². The minimum atomic E-state index is 1.14. The summed E-state index contributed by atoms with van der Waals surface area (Å²) < 4.78 is 0. The van der Waals surface area contributed by atoms with Crippen molar-refractivity contribution in [2.24, 2.45) is 0 Å². The van der Waals surface area contributed by atoms with Crippen LogP contribution >= 0.6 is 0 Å². The van der Waals surface area contributed by atoms with Gasteiger partial charge in [-0.1, -0.05) is 364 Å². The second-order valence-electron chi connectivity index (χ2n) is 33.3. The Balaban J connectivity index is 0.000000137. The van der Waals surface area contributed by atoms with Crippen molar-refractivity contribution in [1.82, 2.24) is 29.9 Å². The van der Waals surface area contributed by atoms with E-state index in [0.717, 1.165) is 99.6 Å². The van der Waals surface area contributed by atoms with E-state index in [4.69, 9.17) is 0 Å². The Labute approximate surface area is 726 Å². The maximum absolute atomic E-state index is 3.79. The first kappa shape index (κ1) is 72.1. The Bertz CT molecular complexity index is 7540. The maximum atomic E-state index is 3.79. The van der Waals surface area contributed by atoms with E-state index >= 15 is 0 Å². The summed E-state index contributed by atoms with van der Waals surface area (Å²) in [5.74, 6) is 0. The van der Waals surface area contributed by atoms with Crippen molar-refractivity contribution in [1.29, 1.82) is 0 Å². The number of hydrogen-bond donors (Lipinski definition) is 6. The minimum Gasteiger partial charge on any atom is -0.354 e. The third-order valence-electron chi connectivity index (χ3n) is 26.3. The molecule has 0 saturated carbocycles. The molecule has 0 radical (unpaired) electrons. The van der Waals surface area contributed by atoms with Crippen LogP contribution in [-0.4, -0.2) is 29.9 Å². The molecular weight excluding hydrogens is 1530 g/mol. The van der Waals surface area contributed by atoms with Gasteiger partial charge in [-0.3, -0.25) is 0 Å². The van der Waals surface area contributed by atoms with E-state index in [1.54, 1.807) is 0 Å². The Morgan fingerprint density at radius 3 is 0.373 bits per heavy atom. The summed E-state index contributed by atoms with van der Waals surface area (Å²) >= 11 is 0. The molecule has 0 amide bonds. The van der Waals surface area contributed by atoms with Crippen LogP contribution in [0.4, 0.5) is 0 Å². The van der Waals surface area contributed by atoms with E-state index < -0.39 is 0 Å². The predicted molar refractivity (Wildman–Crippen MR) is 534 cm³/mol. The number of aromatic amines is 6. The first-order valence-electron chi connectivity index (χ1n) is 43.4. The van der Waals surface area contributed by atoms with Crippen molar-refractivity contribution >= 4 is 131 Å². The molecule has 0 bridgehead atoms. The van der Waals surface area contributed by atoms with E-state index in [1.807, 2.05) is 0 Å². The predicted octanol–water partition coefficient (Wildman–Crippen LogP) is 33.2. The molecule has 6 heteroatoms.